The molecule has 19 heavy (non-hydrogen) atoms. The lowest BCUT2D eigenvalue weighted by Gasteiger charge is -2.12. The maximum atomic E-state index is 5.88. The molecule has 2 rings (SSSR count). The van der Waals surface area contributed by atoms with Gasteiger partial charge in [0.25, 0.3) is 0 Å². The summed E-state index contributed by atoms with van der Waals surface area (Å²) in [6.07, 6.45) is 6.52. The molecule has 1 saturated carbocycles. The minimum absolute atomic E-state index is 0.740. The van der Waals surface area contributed by atoms with Crippen LogP contribution < -0.4 is 10.1 Å². The molecule has 0 bridgehead atoms. The Kier molecular flexibility index (Phi) is 5.64. The molecule has 0 spiro atoms. The van der Waals surface area contributed by atoms with Gasteiger partial charge >= 0.3 is 0 Å². The Morgan fingerprint density at radius 2 is 2.11 bits per heavy atom. The van der Waals surface area contributed by atoms with Gasteiger partial charge in [0, 0.05) is 18.3 Å². The summed E-state index contributed by atoms with van der Waals surface area (Å²) in [7, 11) is 0. The highest BCUT2D eigenvalue weighted by Gasteiger charge is 2.15. The van der Waals surface area contributed by atoms with Gasteiger partial charge < -0.3 is 10.1 Å². The zero-order valence-corrected chi connectivity index (χ0v) is 12.2. The van der Waals surface area contributed by atoms with E-state index in [-0.39, 0.29) is 0 Å². The molecule has 0 amide bonds. The van der Waals surface area contributed by atoms with Crippen molar-refractivity contribution < 1.29 is 4.74 Å². The minimum atomic E-state index is 0.740. The summed E-state index contributed by atoms with van der Waals surface area (Å²) in [6, 6.07) is 4.20. The van der Waals surface area contributed by atoms with E-state index in [0.717, 1.165) is 43.6 Å². The highest BCUT2D eigenvalue weighted by Crippen LogP contribution is 2.25. The molecule has 1 N–H and O–H groups in total. The van der Waals surface area contributed by atoms with Crippen LogP contribution in [0.4, 0.5) is 0 Å². The van der Waals surface area contributed by atoms with Crippen LogP contribution in [0.15, 0.2) is 12.1 Å². The van der Waals surface area contributed by atoms with E-state index in [4.69, 9.17) is 4.74 Å². The first kappa shape index (κ1) is 14.3. The first-order chi connectivity index (χ1) is 9.28. The smallest absolute Gasteiger partial charge is 0.213 e. The van der Waals surface area contributed by atoms with E-state index in [1.165, 1.54) is 31.2 Å². The second-order valence-electron chi connectivity index (χ2n) is 5.59. The number of nitrogens with zero attached hydrogens (tertiary/aromatic N) is 1. The molecule has 1 aromatic heterocycles. The molecule has 0 atom stereocenters. The van der Waals surface area contributed by atoms with Gasteiger partial charge in [-0.2, -0.15) is 0 Å². The van der Waals surface area contributed by atoms with E-state index < -0.39 is 0 Å². The topological polar surface area (TPSA) is 34.2 Å². The number of pyridine rings is 1. The highest BCUT2D eigenvalue weighted by molar-refractivity contribution is 5.24. The van der Waals surface area contributed by atoms with Crippen LogP contribution in [-0.4, -0.2) is 18.1 Å². The molecule has 1 aliphatic carbocycles. The fourth-order valence-electron chi connectivity index (χ4n) is 2.67. The van der Waals surface area contributed by atoms with Crippen LogP contribution >= 0.6 is 0 Å². The van der Waals surface area contributed by atoms with E-state index in [9.17, 15) is 0 Å². The van der Waals surface area contributed by atoms with Gasteiger partial charge in [-0.25, -0.2) is 4.98 Å². The van der Waals surface area contributed by atoms with E-state index in [0.29, 0.717) is 0 Å². The van der Waals surface area contributed by atoms with Crippen LogP contribution in [0.5, 0.6) is 5.88 Å². The average Bonchev–Trinajstić information content (AvgIpc) is 2.89. The summed E-state index contributed by atoms with van der Waals surface area (Å²) >= 11 is 0. The molecule has 1 aliphatic rings. The Bertz CT molecular complexity index is 386. The van der Waals surface area contributed by atoms with E-state index in [1.54, 1.807) is 0 Å². The number of hydrogen-bond donors (Lipinski definition) is 1. The van der Waals surface area contributed by atoms with E-state index >= 15 is 0 Å². The number of ether oxygens (including phenoxy) is 1. The lowest BCUT2D eigenvalue weighted by Crippen LogP contribution is -2.14. The van der Waals surface area contributed by atoms with Crippen molar-refractivity contribution >= 4 is 0 Å². The van der Waals surface area contributed by atoms with E-state index in [2.05, 4.69) is 29.4 Å². The summed E-state index contributed by atoms with van der Waals surface area (Å²) in [6.45, 7) is 7.00. The Morgan fingerprint density at radius 3 is 2.84 bits per heavy atom. The Morgan fingerprint density at radius 1 is 1.32 bits per heavy atom. The van der Waals surface area contributed by atoms with E-state index in [1.807, 2.05) is 6.92 Å². The average molecular weight is 262 g/mol. The molecular weight excluding hydrogens is 236 g/mol. The third-order valence-corrected chi connectivity index (χ3v) is 3.69. The molecule has 3 nitrogen and oxygen atoms in total. The second kappa shape index (κ2) is 7.49. The van der Waals surface area contributed by atoms with Crippen LogP contribution in [0, 0.1) is 12.8 Å². The number of aryl methyl sites for hydroxylation is 1. The monoisotopic (exact) mass is 262 g/mol. The van der Waals surface area contributed by atoms with Gasteiger partial charge in [0.05, 0.1) is 6.61 Å². The summed E-state index contributed by atoms with van der Waals surface area (Å²) in [5.74, 6) is 1.53. The minimum Gasteiger partial charge on any atom is -0.477 e. The normalized spacial score (nSPS) is 15.9. The third kappa shape index (κ3) is 4.83. The van der Waals surface area contributed by atoms with Crippen molar-refractivity contribution in [3.05, 3.63) is 23.4 Å². The van der Waals surface area contributed by atoms with Gasteiger partial charge in [-0.1, -0.05) is 19.8 Å². The van der Waals surface area contributed by atoms with Gasteiger partial charge in [-0.3, -0.25) is 0 Å². The molecule has 106 valence electrons. The Balaban J connectivity index is 1.87. The van der Waals surface area contributed by atoms with Gasteiger partial charge in [0.15, 0.2) is 0 Å². The molecular formula is C16H26N2O. The maximum absolute atomic E-state index is 5.88. The van der Waals surface area contributed by atoms with Gasteiger partial charge in [0.2, 0.25) is 5.88 Å². The Hall–Kier alpha value is -1.09. The molecule has 0 saturated heterocycles. The summed E-state index contributed by atoms with van der Waals surface area (Å²) in [5.41, 5.74) is 2.31. The summed E-state index contributed by atoms with van der Waals surface area (Å²) in [4.78, 5) is 4.47. The van der Waals surface area contributed by atoms with Crippen LogP contribution in [0.1, 0.15) is 50.3 Å². The lowest BCUT2D eigenvalue weighted by molar-refractivity contribution is 0.243. The fraction of sp³-hybridized carbons (Fsp3) is 0.688. The maximum Gasteiger partial charge on any atom is 0.213 e. The molecule has 1 heterocycles. The molecule has 0 unspecified atom stereocenters. The first-order valence-corrected chi connectivity index (χ1v) is 7.59. The molecule has 1 aromatic rings. The first-order valence-electron chi connectivity index (χ1n) is 7.59. The molecule has 1 fully saturated rings. The highest BCUT2D eigenvalue weighted by atomic mass is 16.5. The molecule has 3 heteroatoms. The van der Waals surface area contributed by atoms with Crippen LogP contribution in [0.25, 0.3) is 0 Å². The largest absolute Gasteiger partial charge is 0.477 e. The fourth-order valence-corrected chi connectivity index (χ4v) is 2.67. The number of hydrogen-bond acceptors (Lipinski definition) is 3. The van der Waals surface area contributed by atoms with Crippen molar-refractivity contribution in [2.45, 2.75) is 52.5 Å². The number of aromatic nitrogens is 1. The molecule has 0 aliphatic heterocycles. The van der Waals surface area contributed by atoms with Crippen LogP contribution in [0.3, 0.4) is 0 Å². The van der Waals surface area contributed by atoms with Crippen molar-refractivity contribution in [1.82, 2.24) is 10.3 Å². The number of nitrogens with one attached hydrogen (secondary N) is 1. The second-order valence-corrected chi connectivity index (χ2v) is 5.59. The zero-order valence-electron chi connectivity index (χ0n) is 12.2. The summed E-state index contributed by atoms with van der Waals surface area (Å²) < 4.78 is 5.88. The van der Waals surface area contributed by atoms with Crippen LogP contribution in [0.2, 0.25) is 0 Å². The van der Waals surface area contributed by atoms with Crippen molar-refractivity contribution in [2.75, 3.05) is 13.2 Å². The van der Waals surface area contributed by atoms with Gasteiger partial charge in [-0.05, 0) is 50.3 Å². The summed E-state index contributed by atoms with van der Waals surface area (Å²) in [5, 5.41) is 3.42. The van der Waals surface area contributed by atoms with Crippen LogP contribution in [-0.2, 0) is 6.54 Å². The van der Waals surface area contributed by atoms with Crippen molar-refractivity contribution in [2.24, 2.45) is 5.92 Å². The van der Waals surface area contributed by atoms with Crippen molar-refractivity contribution in [3.63, 3.8) is 0 Å². The lowest BCUT2D eigenvalue weighted by atomic mass is 10.1. The Labute approximate surface area is 116 Å². The van der Waals surface area contributed by atoms with Gasteiger partial charge in [0.1, 0.15) is 0 Å². The number of rotatable bonds is 7. The standard InChI is InChI=1S/C16H26N2O/c1-3-8-17-11-15-9-13(2)18-16(10-15)19-12-14-6-4-5-7-14/h9-10,14,17H,3-8,11-12H2,1-2H3. The zero-order chi connectivity index (χ0) is 13.5. The predicted molar refractivity (Wildman–Crippen MR) is 78.4 cm³/mol. The predicted octanol–water partition coefficient (Wildman–Crippen LogP) is 3.46. The molecule has 0 radical (unpaired) electrons. The SMILES string of the molecule is CCCNCc1cc(C)nc(OCC2CCCC2)c1. The quantitative estimate of drug-likeness (QED) is 0.764. The van der Waals surface area contributed by atoms with Gasteiger partial charge in [-0.15, -0.1) is 0 Å². The van der Waals surface area contributed by atoms with Crippen molar-refractivity contribution in [1.29, 1.82) is 0 Å². The third-order valence-electron chi connectivity index (χ3n) is 3.69. The van der Waals surface area contributed by atoms with Crippen molar-refractivity contribution in [3.8, 4) is 5.88 Å². The molecule has 0 aromatic carbocycles.